The molecule has 0 unspecified atom stereocenters. The monoisotopic (exact) mass is 207 g/mol. The molecule has 0 heterocycles. The van der Waals surface area contributed by atoms with Crippen LogP contribution in [0.2, 0.25) is 0 Å². The van der Waals surface area contributed by atoms with Crippen LogP contribution in [0.4, 0.5) is 0 Å². The largest absolute Gasteiger partial charge is 0.491 e. The second-order valence-corrected chi connectivity index (χ2v) is 2.88. The lowest BCUT2D eigenvalue weighted by molar-refractivity contribution is -0.113. The number of nitrogens with two attached hydrogens (primary N) is 1. The Bertz CT molecular complexity index is 361. The molecule has 4 heteroatoms. The molecule has 0 aliphatic rings. The number of benzene rings is 1. The zero-order chi connectivity index (χ0) is 11.1. The van der Waals surface area contributed by atoms with Crippen LogP contribution in [0.3, 0.4) is 0 Å². The van der Waals surface area contributed by atoms with Crippen LogP contribution >= 0.6 is 0 Å². The van der Waals surface area contributed by atoms with Crippen LogP contribution in [0.1, 0.15) is 5.56 Å². The molecule has 1 aromatic carbocycles. The van der Waals surface area contributed by atoms with E-state index >= 15 is 0 Å². The normalized spacial score (nSPS) is 10.5. The van der Waals surface area contributed by atoms with E-state index in [1.807, 2.05) is 6.07 Å². The minimum Gasteiger partial charge on any atom is -0.491 e. The molecule has 1 amide bonds. The van der Waals surface area contributed by atoms with E-state index in [-0.39, 0.29) is 13.2 Å². The summed E-state index contributed by atoms with van der Waals surface area (Å²) >= 11 is 0. The Morgan fingerprint density at radius 2 is 2.33 bits per heavy atom. The molecule has 0 aromatic heterocycles. The second-order valence-electron chi connectivity index (χ2n) is 2.88. The number of aliphatic hydroxyl groups excluding tert-OH is 1. The van der Waals surface area contributed by atoms with Crippen molar-refractivity contribution >= 4 is 12.0 Å². The van der Waals surface area contributed by atoms with Gasteiger partial charge in [0.25, 0.3) is 0 Å². The van der Waals surface area contributed by atoms with Crippen LogP contribution in [0, 0.1) is 0 Å². The first-order chi connectivity index (χ1) is 7.22. The lowest BCUT2D eigenvalue weighted by atomic mass is 10.2. The molecule has 0 radical (unpaired) electrons. The lowest BCUT2D eigenvalue weighted by Gasteiger charge is -2.04. The van der Waals surface area contributed by atoms with Crippen LogP contribution in [0.5, 0.6) is 5.75 Å². The van der Waals surface area contributed by atoms with E-state index in [9.17, 15) is 4.79 Å². The van der Waals surface area contributed by atoms with Gasteiger partial charge in [-0.1, -0.05) is 12.1 Å². The van der Waals surface area contributed by atoms with Gasteiger partial charge in [-0.05, 0) is 23.8 Å². The Balaban J connectivity index is 2.69. The van der Waals surface area contributed by atoms with E-state index in [1.165, 1.54) is 6.08 Å². The van der Waals surface area contributed by atoms with Crippen molar-refractivity contribution < 1.29 is 14.6 Å². The van der Waals surface area contributed by atoms with Crippen LogP contribution in [0.25, 0.3) is 6.08 Å². The Hall–Kier alpha value is -1.81. The van der Waals surface area contributed by atoms with Gasteiger partial charge in [0.1, 0.15) is 12.4 Å². The number of hydrogen-bond donors (Lipinski definition) is 2. The first kappa shape index (κ1) is 11.3. The molecule has 1 rings (SSSR count). The number of hydrogen-bond acceptors (Lipinski definition) is 3. The summed E-state index contributed by atoms with van der Waals surface area (Å²) in [5.74, 6) is 0.160. The molecule has 0 saturated heterocycles. The molecule has 0 saturated carbocycles. The molecule has 0 fully saturated rings. The van der Waals surface area contributed by atoms with Gasteiger partial charge in [-0.2, -0.15) is 0 Å². The average Bonchev–Trinajstić information content (AvgIpc) is 2.24. The van der Waals surface area contributed by atoms with Crippen molar-refractivity contribution in [2.75, 3.05) is 13.2 Å². The molecule has 0 atom stereocenters. The summed E-state index contributed by atoms with van der Waals surface area (Å²) in [7, 11) is 0. The number of primary amides is 1. The molecular formula is C11H13NO3. The van der Waals surface area contributed by atoms with Gasteiger partial charge in [0.2, 0.25) is 5.91 Å². The third-order valence-corrected chi connectivity index (χ3v) is 1.66. The van der Waals surface area contributed by atoms with Crippen molar-refractivity contribution in [2.45, 2.75) is 0 Å². The molecule has 0 spiro atoms. The van der Waals surface area contributed by atoms with Crippen molar-refractivity contribution in [3.05, 3.63) is 35.9 Å². The van der Waals surface area contributed by atoms with E-state index in [0.717, 1.165) is 5.56 Å². The summed E-state index contributed by atoms with van der Waals surface area (Å²) in [6.45, 7) is 0.227. The summed E-state index contributed by atoms with van der Waals surface area (Å²) in [6.07, 6.45) is 2.89. The molecule has 80 valence electrons. The fourth-order valence-electron chi connectivity index (χ4n) is 1.05. The fourth-order valence-corrected chi connectivity index (χ4v) is 1.05. The molecule has 4 nitrogen and oxygen atoms in total. The Kier molecular flexibility index (Phi) is 4.37. The number of ether oxygens (including phenoxy) is 1. The first-order valence-electron chi connectivity index (χ1n) is 4.53. The van der Waals surface area contributed by atoms with Gasteiger partial charge < -0.3 is 15.6 Å². The molecule has 0 bridgehead atoms. The zero-order valence-corrected chi connectivity index (χ0v) is 8.22. The smallest absolute Gasteiger partial charge is 0.241 e. The number of amides is 1. The Labute approximate surface area is 88.0 Å². The summed E-state index contributed by atoms with van der Waals surface area (Å²) in [6, 6.07) is 7.16. The molecule has 15 heavy (non-hydrogen) atoms. The highest BCUT2D eigenvalue weighted by Crippen LogP contribution is 2.14. The Morgan fingerprint density at radius 3 is 3.00 bits per heavy atom. The predicted octanol–water partition coefficient (Wildman–Crippen LogP) is 0.556. The van der Waals surface area contributed by atoms with Gasteiger partial charge in [-0.3, -0.25) is 4.79 Å². The van der Waals surface area contributed by atoms with E-state index in [4.69, 9.17) is 15.6 Å². The van der Waals surface area contributed by atoms with Gasteiger partial charge in [-0.15, -0.1) is 0 Å². The second kappa shape index (κ2) is 5.82. The van der Waals surface area contributed by atoms with Crippen molar-refractivity contribution in [1.82, 2.24) is 0 Å². The first-order valence-corrected chi connectivity index (χ1v) is 4.53. The number of carbonyl (C=O) groups excluding carboxylic acids is 1. The maximum absolute atomic E-state index is 10.5. The molecule has 1 aromatic rings. The maximum Gasteiger partial charge on any atom is 0.241 e. The van der Waals surface area contributed by atoms with Gasteiger partial charge in [0.05, 0.1) is 6.61 Å². The van der Waals surface area contributed by atoms with Crippen molar-refractivity contribution in [2.24, 2.45) is 5.73 Å². The number of carbonyl (C=O) groups is 1. The standard InChI is InChI=1S/C11H13NO3/c12-11(14)5-4-9-2-1-3-10(8-9)15-7-6-13/h1-5,8,13H,6-7H2,(H2,12,14)/b5-4-. The quantitative estimate of drug-likeness (QED) is 0.693. The Morgan fingerprint density at radius 1 is 1.53 bits per heavy atom. The lowest BCUT2D eigenvalue weighted by Crippen LogP contribution is -2.05. The minimum atomic E-state index is -0.489. The summed E-state index contributed by atoms with van der Waals surface area (Å²) in [4.78, 5) is 10.5. The molecular weight excluding hydrogens is 194 g/mol. The summed E-state index contributed by atoms with van der Waals surface area (Å²) < 4.78 is 5.20. The maximum atomic E-state index is 10.5. The van der Waals surface area contributed by atoms with Crippen LogP contribution in [-0.4, -0.2) is 24.2 Å². The van der Waals surface area contributed by atoms with Crippen LogP contribution in [-0.2, 0) is 4.79 Å². The number of rotatable bonds is 5. The van der Waals surface area contributed by atoms with Gasteiger partial charge in [0.15, 0.2) is 0 Å². The fraction of sp³-hybridized carbons (Fsp3) is 0.182. The predicted molar refractivity (Wildman–Crippen MR) is 57.3 cm³/mol. The highest BCUT2D eigenvalue weighted by Gasteiger charge is 1.94. The third-order valence-electron chi connectivity index (χ3n) is 1.66. The summed E-state index contributed by atoms with van der Waals surface area (Å²) in [5, 5.41) is 8.57. The zero-order valence-electron chi connectivity index (χ0n) is 8.22. The van der Waals surface area contributed by atoms with E-state index < -0.39 is 5.91 Å². The third kappa shape index (κ3) is 4.28. The topological polar surface area (TPSA) is 72.6 Å². The SMILES string of the molecule is NC(=O)/C=C\c1cccc(OCCO)c1. The molecule has 0 aliphatic heterocycles. The van der Waals surface area contributed by atoms with Crippen LogP contribution < -0.4 is 10.5 Å². The van der Waals surface area contributed by atoms with E-state index in [2.05, 4.69) is 0 Å². The van der Waals surface area contributed by atoms with Crippen molar-refractivity contribution in [3.63, 3.8) is 0 Å². The van der Waals surface area contributed by atoms with Crippen molar-refractivity contribution in [1.29, 1.82) is 0 Å². The average molecular weight is 207 g/mol. The number of aliphatic hydroxyl groups is 1. The van der Waals surface area contributed by atoms with Crippen molar-refractivity contribution in [3.8, 4) is 5.75 Å². The van der Waals surface area contributed by atoms with Gasteiger partial charge in [-0.25, -0.2) is 0 Å². The summed E-state index contributed by atoms with van der Waals surface area (Å²) in [5.41, 5.74) is 5.79. The molecule has 3 N–H and O–H groups in total. The molecule has 0 aliphatic carbocycles. The minimum absolute atomic E-state index is 0.0264. The van der Waals surface area contributed by atoms with E-state index in [1.54, 1.807) is 24.3 Å². The van der Waals surface area contributed by atoms with Crippen LogP contribution in [0.15, 0.2) is 30.3 Å². The highest BCUT2D eigenvalue weighted by atomic mass is 16.5. The van der Waals surface area contributed by atoms with Gasteiger partial charge >= 0.3 is 0 Å². The van der Waals surface area contributed by atoms with E-state index in [0.29, 0.717) is 5.75 Å². The van der Waals surface area contributed by atoms with Gasteiger partial charge in [0, 0.05) is 6.08 Å². The highest BCUT2D eigenvalue weighted by molar-refractivity contribution is 5.90.